The van der Waals surface area contributed by atoms with E-state index < -0.39 is 11.8 Å². The lowest BCUT2D eigenvalue weighted by atomic mass is 10.2. The van der Waals surface area contributed by atoms with Gasteiger partial charge in [-0.1, -0.05) is 23.7 Å². The van der Waals surface area contributed by atoms with E-state index in [-0.39, 0.29) is 6.04 Å². The Morgan fingerprint density at radius 2 is 1.97 bits per heavy atom. The Hall–Kier alpha value is -3.06. The number of benzene rings is 2. The summed E-state index contributed by atoms with van der Waals surface area (Å²) in [5, 5.41) is 7.07. The van der Waals surface area contributed by atoms with Crippen LogP contribution in [-0.2, 0) is 16.2 Å². The second kappa shape index (κ2) is 9.93. The molecule has 8 heteroatoms. The minimum atomic E-state index is -0.792. The summed E-state index contributed by atoms with van der Waals surface area (Å²) in [7, 11) is 0. The molecule has 0 saturated heterocycles. The molecule has 7 nitrogen and oxygen atoms in total. The van der Waals surface area contributed by atoms with Crippen LogP contribution in [0.5, 0.6) is 11.5 Å². The molecule has 1 aliphatic rings. The molecule has 0 aliphatic heterocycles. The summed E-state index contributed by atoms with van der Waals surface area (Å²) in [5.74, 6) is -0.336. The molecule has 3 rings (SSSR count). The summed E-state index contributed by atoms with van der Waals surface area (Å²) >= 11 is 6.00. The highest BCUT2D eigenvalue weighted by atomic mass is 35.5. The first kappa shape index (κ1) is 20.7. The zero-order valence-corrected chi connectivity index (χ0v) is 16.7. The first-order valence-corrected chi connectivity index (χ1v) is 9.71. The van der Waals surface area contributed by atoms with Crippen molar-refractivity contribution in [1.29, 1.82) is 0 Å². The first-order valence-electron chi connectivity index (χ1n) is 9.33. The van der Waals surface area contributed by atoms with E-state index in [2.05, 4.69) is 15.8 Å². The zero-order chi connectivity index (χ0) is 20.6. The van der Waals surface area contributed by atoms with Crippen LogP contribution in [0.25, 0.3) is 0 Å². The molecule has 0 radical (unpaired) electrons. The Labute approximate surface area is 174 Å². The Balaban J connectivity index is 1.60. The molecule has 0 bridgehead atoms. The van der Waals surface area contributed by atoms with Gasteiger partial charge >= 0.3 is 11.8 Å². The average Bonchev–Trinajstić information content (AvgIpc) is 3.51. The molecule has 2 N–H and O–H groups in total. The Morgan fingerprint density at radius 1 is 1.14 bits per heavy atom. The summed E-state index contributed by atoms with van der Waals surface area (Å²) in [5.41, 5.74) is 3.84. The van der Waals surface area contributed by atoms with E-state index in [9.17, 15) is 9.59 Å². The predicted molar refractivity (Wildman–Crippen MR) is 110 cm³/mol. The number of carbonyl (C=O) groups is 2. The average molecular weight is 416 g/mol. The molecule has 0 unspecified atom stereocenters. The second-order valence-corrected chi connectivity index (χ2v) is 6.94. The highest BCUT2D eigenvalue weighted by Gasteiger charge is 2.26. The fourth-order valence-corrected chi connectivity index (χ4v) is 2.69. The van der Waals surface area contributed by atoms with Gasteiger partial charge in [0.15, 0.2) is 11.5 Å². The zero-order valence-electron chi connectivity index (χ0n) is 16.0. The third kappa shape index (κ3) is 6.50. The molecule has 2 aromatic rings. The fraction of sp³-hybridized carbons (Fsp3) is 0.286. The molecule has 152 valence electrons. The van der Waals surface area contributed by atoms with Crippen molar-refractivity contribution in [2.24, 2.45) is 5.10 Å². The summed E-state index contributed by atoms with van der Waals surface area (Å²) in [4.78, 5) is 23.3. The summed E-state index contributed by atoms with van der Waals surface area (Å²) in [6.45, 7) is 2.69. The molecule has 0 atom stereocenters. The topological polar surface area (TPSA) is 89.0 Å². The predicted octanol–water partition coefficient (Wildman–Crippen LogP) is 3.05. The highest BCUT2D eigenvalue weighted by molar-refractivity contribution is 6.35. The van der Waals surface area contributed by atoms with E-state index >= 15 is 0 Å². The molecular weight excluding hydrogens is 394 g/mol. The van der Waals surface area contributed by atoms with Crippen LogP contribution in [0.4, 0.5) is 0 Å². The first-order chi connectivity index (χ1) is 14.0. The van der Waals surface area contributed by atoms with Crippen molar-refractivity contribution in [2.45, 2.75) is 32.4 Å². The number of rotatable bonds is 8. The van der Waals surface area contributed by atoms with Gasteiger partial charge in [-0.2, -0.15) is 5.10 Å². The van der Waals surface area contributed by atoms with Gasteiger partial charge in [-0.15, -0.1) is 0 Å². The molecule has 0 heterocycles. The van der Waals surface area contributed by atoms with E-state index in [4.69, 9.17) is 21.1 Å². The van der Waals surface area contributed by atoms with Crippen LogP contribution in [0, 0.1) is 0 Å². The lowest BCUT2D eigenvalue weighted by Gasteiger charge is -2.12. The second-order valence-electron chi connectivity index (χ2n) is 6.50. The normalized spacial score (nSPS) is 13.2. The Kier molecular flexibility index (Phi) is 7.08. The standard InChI is InChI=1S/C21H22ClN3O4/c1-2-28-19-11-14(12-23-25-21(27)20(26)24-17-7-8-17)6-9-18(19)29-13-15-4-3-5-16(22)10-15/h3-6,9-12,17H,2,7-8,13H2,1H3,(H,24,26)(H,25,27)/b23-12-. The van der Waals surface area contributed by atoms with Crippen LogP contribution in [-0.4, -0.2) is 30.7 Å². The van der Waals surface area contributed by atoms with E-state index in [0.717, 1.165) is 18.4 Å². The minimum Gasteiger partial charge on any atom is -0.490 e. The van der Waals surface area contributed by atoms with Gasteiger partial charge in [-0.25, -0.2) is 5.43 Å². The van der Waals surface area contributed by atoms with Crippen molar-refractivity contribution in [3.63, 3.8) is 0 Å². The molecular formula is C21H22ClN3O4. The Bertz CT molecular complexity index is 913. The van der Waals surface area contributed by atoms with Gasteiger partial charge in [-0.3, -0.25) is 9.59 Å². The van der Waals surface area contributed by atoms with Crippen LogP contribution >= 0.6 is 11.6 Å². The number of halogens is 1. The maximum Gasteiger partial charge on any atom is 0.329 e. The molecule has 2 aromatic carbocycles. The number of amides is 2. The van der Waals surface area contributed by atoms with Crippen molar-refractivity contribution >= 4 is 29.6 Å². The molecule has 2 amide bonds. The van der Waals surface area contributed by atoms with Gasteiger partial charge in [0.25, 0.3) is 0 Å². The largest absolute Gasteiger partial charge is 0.490 e. The molecule has 1 saturated carbocycles. The van der Waals surface area contributed by atoms with Crippen molar-refractivity contribution in [3.05, 3.63) is 58.6 Å². The monoisotopic (exact) mass is 415 g/mol. The fourth-order valence-electron chi connectivity index (χ4n) is 2.48. The van der Waals surface area contributed by atoms with Gasteiger partial charge < -0.3 is 14.8 Å². The van der Waals surface area contributed by atoms with E-state index in [0.29, 0.717) is 35.3 Å². The van der Waals surface area contributed by atoms with Gasteiger partial charge in [0.05, 0.1) is 12.8 Å². The van der Waals surface area contributed by atoms with E-state index in [1.807, 2.05) is 25.1 Å². The summed E-state index contributed by atoms with van der Waals surface area (Å²) in [6.07, 6.45) is 3.26. The van der Waals surface area contributed by atoms with Crippen molar-refractivity contribution in [3.8, 4) is 11.5 Å². The van der Waals surface area contributed by atoms with Gasteiger partial charge in [0.1, 0.15) is 6.61 Å². The summed E-state index contributed by atoms with van der Waals surface area (Å²) in [6, 6.07) is 12.8. The van der Waals surface area contributed by atoms with Crippen molar-refractivity contribution in [2.75, 3.05) is 6.61 Å². The molecule has 1 fully saturated rings. The van der Waals surface area contributed by atoms with Gasteiger partial charge in [0, 0.05) is 11.1 Å². The van der Waals surface area contributed by atoms with Gasteiger partial charge in [0.2, 0.25) is 0 Å². The van der Waals surface area contributed by atoms with Crippen LogP contribution in [0.2, 0.25) is 5.02 Å². The molecule has 29 heavy (non-hydrogen) atoms. The maximum absolute atomic E-state index is 11.7. The van der Waals surface area contributed by atoms with Crippen molar-refractivity contribution < 1.29 is 19.1 Å². The quantitative estimate of drug-likeness (QED) is 0.394. The highest BCUT2D eigenvalue weighted by Crippen LogP contribution is 2.29. The van der Waals surface area contributed by atoms with E-state index in [1.54, 1.807) is 24.3 Å². The SMILES string of the molecule is CCOc1cc(/C=N\NC(=O)C(=O)NC2CC2)ccc1OCc1cccc(Cl)c1. The van der Waals surface area contributed by atoms with Gasteiger partial charge in [-0.05, 0) is 61.2 Å². The number of nitrogens with zero attached hydrogens (tertiary/aromatic N) is 1. The molecule has 0 spiro atoms. The lowest BCUT2D eigenvalue weighted by Crippen LogP contribution is -2.38. The Morgan fingerprint density at radius 3 is 2.69 bits per heavy atom. The van der Waals surface area contributed by atoms with Crippen molar-refractivity contribution in [1.82, 2.24) is 10.7 Å². The number of ether oxygens (including phenoxy) is 2. The number of hydrazone groups is 1. The van der Waals surface area contributed by atoms with Crippen LogP contribution in [0.3, 0.4) is 0 Å². The smallest absolute Gasteiger partial charge is 0.329 e. The van der Waals surface area contributed by atoms with Crippen LogP contribution in [0.15, 0.2) is 47.6 Å². The molecule has 0 aromatic heterocycles. The number of carbonyl (C=O) groups excluding carboxylic acids is 2. The third-order valence-corrected chi connectivity index (χ3v) is 4.28. The van der Waals surface area contributed by atoms with E-state index in [1.165, 1.54) is 6.21 Å². The maximum atomic E-state index is 11.7. The minimum absolute atomic E-state index is 0.116. The molecule has 1 aliphatic carbocycles. The summed E-state index contributed by atoms with van der Waals surface area (Å²) < 4.78 is 11.5. The van der Waals surface area contributed by atoms with Crippen LogP contribution < -0.4 is 20.2 Å². The lowest BCUT2D eigenvalue weighted by molar-refractivity contribution is -0.139. The van der Waals surface area contributed by atoms with Crippen LogP contribution in [0.1, 0.15) is 30.9 Å². The number of hydrogen-bond donors (Lipinski definition) is 2. The third-order valence-electron chi connectivity index (χ3n) is 4.05. The number of hydrogen-bond acceptors (Lipinski definition) is 5. The number of nitrogens with one attached hydrogen (secondary N) is 2.